The Morgan fingerprint density at radius 1 is 1.00 bits per heavy atom. The number of hydrogen-bond acceptors (Lipinski definition) is 2. The molecule has 0 amide bonds. The van der Waals surface area contributed by atoms with E-state index in [1.54, 1.807) is 0 Å². The number of fused-ring (bicyclic) bond motifs is 3. The number of allylic oxidation sites excluding steroid dienone is 2. The quantitative estimate of drug-likeness (QED) is 0.687. The van der Waals surface area contributed by atoms with Crippen LogP contribution in [-0.2, 0) is 0 Å². The van der Waals surface area contributed by atoms with E-state index in [1.807, 2.05) is 18.3 Å². The minimum Gasteiger partial charge on any atom is -0.456 e. The van der Waals surface area contributed by atoms with Gasteiger partial charge in [-0.05, 0) is 43.0 Å². The molecule has 0 fully saturated rings. The molecule has 1 unspecified atom stereocenters. The first-order chi connectivity index (χ1) is 9.81. The highest BCUT2D eigenvalue weighted by Crippen LogP contribution is 2.31. The summed E-state index contributed by atoms with van der Waals surface area (Å²) >= 11 is 0. The number of rotatable bonds is 1. The monoisotopic (exact) mass is 261 g/mol. The predicted octanol–water partition coefficient (Wildman–Crippen LogP) is 4.69. The SMILES string of the molecule is CC1=CC(c2ccc3oc4ccccc4c3c2)NC=C1. The molecule has 0 saturated heterocycles. The van der Waals surface area contributed by atoms with Crippen LogP contribution in [0.3, 0.4) is 0 Å². The smallest absolute Gasteiger partial charge is 0.135 e. The molecule has 20 heavy (non-hydrogen) atoms. The predicted molar refractivity (Wildman–Crippen MR) is 82.5 cm³/mol. The molecule has 2 nitrogen and oxygen atoms in total. The van der Waals surface area contributed by atoms with Gasteiger partial charge in [0.25, 0.3) is 0 Å². The Labute approximate surface area is 117 Å². The van der Waals surface area contributed by atoms with Crippen molar-refractivity contribution in [1.29, 1.82) is 0 Å². The number of benzene rings is 2. The molecule has 0 spiro atoms. The summed E-state index contributed by atoms with van der Waals surface area (Å²) in [5.41, 5.74) is 4.43. The summed E-state index contributed by atoms with van der Waals surface area (Å²) < 4.78 is 5.87. The average molecular weight is 261 g/mol. The molecule has 98 valence electrons. The molecule has 2 heteroatoms. The van der Waals surface area contributed by atoms with Crippen molar-refractivity contribution in [3.05, 3.63) is 72.0 Å². The molecule has 1 aliphatic heterocycles. The largest absolute Gasteiger partial charge is 0.456 e. The number of para-hydroxylation sites is 1. The fraction of sp³-hybridized carbons (Fsp3) is 0.111. The molecular formula is C18H15NO. The van der Waals surface area contributed by atoms with Gasteiger partial charge in [-0.1, -0.05) is 35.9 Å². The fourth-order valence-electron chi connectivity index (χ4n) is 2.78. The second-order valence-corrected chi connectivity index (χ2v) is 5.24. The highest BCUT2D eigenvalue weighted by molar-refractivity contribution is 6.05. The number of dihydropyridines is 1. The lowest BCUT2D eigenvalue weighted by atomic mass is 10.00. The Balaban J connectivity index is 1.90. The van der Waals surface area contributed by atoms with Crippen LogP contribution in [0.25, 0.3) is 21.9 Å². The molecule has 0 radical (unpaired) electrons. The van der Waals surface area contributed by atoms with Gasteiger partial charge in [-0.25, -0.2) is 0 Å². The molecule has 0 bridgehead atoms. The van der Waals surface area contributed by atoms with Gasteiger partial charge in [-0.3, -0.25) is 0 Å². The molecule has 1 N–H and O–H groups in total. The van der Waals surface area contributed by atoms with Crippen molar-refractivity contribution in [2.75, 3.05) is 0 Å². The first kappa shape index (κ1) is 11.4. The molecule has 2 aromatic carbocycles. The van der Waals surface area contributed by atoms with E-state index in [-0.39, 0.29) is 6.04 Å². The van der Waals surface area contributed by atoms with Gasteiger partial charge in [0.05, 0.1) is 6.04 Å². The van der Waals surface area contributed by atoms with Crippen LogP contribution in [0.2, 0.25) is 0 Å². The van der Waals surface area contributed by atoms with Crippen LogP contribution >= 0.6 is 0 Å². The minimum absolute atomic E-state index is 0.234. The second-order valence-electron chi connectivity index (χ2n) is 5.24. The summed E-state index contributed by atoms with van der Waals surface area (Å²) in [6.07, 6.45) is 6.34. The van der Waals surface area contributed by atoms with Gasteiger partial charge in [0.1, 0.15) is 11.2 Å². The Morgan fingerprint density at radius 3 is 2.75 bits per heavy atom. The Morgan fingerprint density at radius 2 is 1.85 bits per heavy atom. The van der Waals surface area contributed by atoms with Crippen molar-refractivity contribution in [2.24, 2.45) is 0 Å². The normalized spacial score (nSPS) is 18.2. The number of hydrogen-bond donors (Lipinski definition) is 1. The summed E-state index contributed by atoms with van der Waals surface area (Å²) in [5, 5.41) is 5.74. The van der Waals surface area contributed by atoms with Crippen LogP contribution in [0.4, 0.5) is 0 Å². The van der Waals surface area contributed by atoms with Crippen LogP contribution in [0, 0.1) is 0 Å². The van der Waals surface area contributed by atoms with Gasteiger partial charge in [-0.15, -0.1) is 0 Å². The lowest BCUT2D eigenvalue weighted by Gasteiger charge is -2.18. The molecule has 0 aliphatic carbocycles. The van der Waals surface area contributed by atoms with E-state index in [0.717, 1.165) is 11.2 Å². The first-order valence-electron chi connectivity index (χ1n) is 6.83. The average Bonchev–Trinajstić information content (AvgIpc) is 2.85. The van der Waals surface area contributed by atoms with Crippen molar-refractivity contribution in [3.63, 3.8) is 0 Å². The van der Waals surface area contributed by atoms with E-state index in [9.17, 15) is 0 Å². The highest BCUT2D eigenvalue weighted by Gasteiger charge is 2.12. The van der Waals surface area contributed by atoms with Crippen LogP contribution in [0.1, 0.15) is 18.5 Å². The van der Waals surface area contributed by atoms with Gasteiger partial charge in [0.2, 0.25) is 0 Å². The number of furan rings is 1. The summed E-state index contributed by atoms with van der Waals surface area (Å²) in [6, 6.07) is 14.8. The molecule has 1 aromatic heterocycles. The van der Waals surface area contributed by atoms with Crippen molar-refractivity contribution in [2.45, 2.75) is 13.0 Å². The zero-order valence-electron chi connectivity index (χ0n) is 11.3. The third kappa shape index (κ3) is 1.73. The molecule has 4 rings (SSSR count). The maximum absolute atomic E-state index is 5.87. The molecule has 0 saturated carbocycles. The van der Waals surface area contributed by atoms with Crippen LogP contribution in [0.5, 0.6) is 0 Å². The van der Waals surface area contributed by atoms with Gasteiger partial charge in [-0.2, -0.15) is 0 Å². The third-order valence-corrected chi connectivity index (χ3v) is 3.81. The summed E-state index contributed by atoms with van der Waals surface area (Å²) in [4.78, 5) is 0. The highest BCUT2D eigenvalue weighted by atomic mass is 16.3. The number of nitrogens with one attached hydrogen (secondary N) is 1. The Hall–Kier alpha value is -2.48. The Kier molecular flexibility index (Phi) is 2.43. The van der Waals surface area contributed by atoms with Crippen molar-refractivity contribution < 1.29 is 4.42 Å². The first-order valence-corrected chi connectivity index (χ1v) is 6.83. The lowest BCUT2D eigenvalue weighted by molar-refractivity contribution is 0.668. The van der Waals surface area contributed by atoms with Gasteiger partial charge >= 0.3 is 0 Å². The zero-order chi connectivity index (χ0) is 13.5. The maximum atomic E-state index is 5.87. The molecular weight excluding hydrogens is 246 g/mol. The molecule has 1 aliphatic rings. The van der Waals surface area contributed by atoms with Gasteiger partial charge in [0, 0.05) is 10.8 Å². The van der Waals surface area contributed by atoms with E-state index in [0.29, 0.717) is 0 Å². The van der Waals surface area contributed by atoms with Crippen molar-refractivity contribution in [3.8, 4) is 0 Å². The zero-order valence-corrected chi connectivity index (χ0v) is 11.3. The lowest BCUT2D eigenvalue weighted by Crippen LogP contribution is -2.15. The van der Waals surface area contributed by atoms with E-state index in [1.165, 1.54) is 21.9 Å². The van der Waals surface area contributed by atoms with E-state index in [2.05, 4.69) is 54.7 Å². The molecule has 1 atom stereocenters. The molecule has 3 aromatic rings. The second kappa shape index (κ2) is 4.27. The summed E-state index contributed by atoms with van der Waals surface area (Å²) in [7, 11) is 0. The Bertz CT molecular complexity index is 854. The van der Waals surface area contributed by atoms with Crippen molar-refractivity contribution in [1.82, 2.24) is 5.32 Å². The van der Waals surface area contributed by atoms with Gasteiger partial charge < -0.3 is 9.73 Å². The standard InChI is InChI=1S/C18H15NO/c1-12-8-9-19-16(10-12)13-6-7-18-15(11-13)14-4-2-3-5-17(14)20-18/h2-11,16,19H,1H3. The van der Waals surface area contributed by atoms with Gasteiger partial charge in [0.15, 0.2) is 0 Å². The van der Waals surface area contributed by atoms with E-state index in [4.69, 9.17) is 4.42 Å². The summed E-state index contributed by atoms with van der Waals surface area (Å²) in [6.45, 7) is 2.12. The fourth-order valence-corrected chi connectivity index (χ4v) is 2.78. The van der Waals surface area contributed by atoms with Crippen LogP contribution < -0.4 is 5.32 Å². The third-order valence-electron chi connectivity index (χ3n) is 3.81. The summed E-state index contributed by atoms with van der Waals surface area (Å²) in [5.74, 6) is 0. The topological polar surface area (TPSA) is 25.2 Å². The van der Waals surface area contributed by atoms with E-state index >= 15 is 0 Å². The maximum Gasteiger partial charge on any atom is 0.135 e. The van der Waals surface area contributed by atoms with E-state index < -0.39 is 0 Å². The molecule has 2 heterocycles. The van der Waals surface area contributed by atoms with Crippen molar-refractivity contribution >= 4 is 21.9 Å². The van der Waals surface area contributed by atoms with Crippen LogP contribution in [0.15, 0.2) is 70.8 Å². The van der Waals surface area contributed by atoms with Crippen LogP contribution in [-0.4, -0.2) is 0 Å². The minimum atomic E-state index is 0.234.